The quantitative estimate of drug-likeness (QED) is 0.645. The number of halogens is 1. The summed E-state index contributed by atoms with van der Waals surface area (Å²) in [7, 11) is 0. The van der Waals surface area contributed by atoms with Gasteiger partial charge in [0.2, 0.25) is 0 Å². The van der Waals surface area contributed by atoms with E-state index in [9.17, 15) is 4.39 Å². The van der Waals surface area contributed by atoms with E-state index >= 15 is 0 Å². The van der Waals surface area contributed by atoms with Crippen molar-refractivity contribution >= 4 is 16.7 Å². The van der Waals surface area contributed by atoms with E-state index in [4.69, 9.17) is 4.74 Å². The van der Waals surface area contributed by atoms with E-state index in [1.807, 2.05) is 36.0 Å². The van der Waals surface area contributed by atoms with Gasteiger partial charge in [0.25, 0.3) is 0 Å². The Labute approximate surface area is 153 Å². The summed E-state index contributed by atoms with van der Waals surface area (Å²) in [6, 6.07) is 13.8. The molecule has 2 atom stereocenters. The Kier molecular flexibility index (Phi) is 4.96. The molecule has 0 N–H and O–H groups in total. The fraction of sp³-hybridized carbons (Fsp3) is 0.364. The van der Waals surface area contributed by atoms with E-state index in [-0.39, 0.29) is 5.82 Å². The highest BCUT2D eigenvalue weighted by molar-refractivity contribution is 8.09. The van der Waals surface area contributed by atoms with Gasteiger partial charge in [-0.25, -0.2) is 4.39 Å². The molecule has 2 heterocycles. The molecule has 0 radical (unpaired) electrons. The normalized spacial score (nSPS) is 23.0. The van der Waals surface area contributed by atoms with Crippen molar-refractivity contribution in [3.8, 4) is 11.1 Å². The van der Waals surface area contributed by atoms with Crippen molar-refractivity contribution in [1.82, 2.24) is 0 Å². The van der Waals surface area contributed by atoms with Crippen molar-refractivity contribution in [2.75, 3.05) is 6.61 Å². The predicted molar refractivity (Wildman–Crippen MR) is 104 cm³/mol. The largest absolute Gasteiger partial charge is 0.378 e. The Balaban J connectivity index is 1.47. The number of hydrogen-bond donors (Lipinski definition) is 0. The van der Waals surface area contributed by atoms with Gasteiger partial charge < -0.3 is 4.74 Å². The molecule has 0 bridgehead atoms. The van der Waals surface area contributed by atoms with E-state index in [2.05, 4.69) is 25.1 Å². The Morgan fingerprint density at radius 2 is 1.92 bits per heavy atom. The number of hydrogen-bond acceptors (Lipinski definition) is 2. The molecular weight excluding hydrogens is 331 g/mol. The molecular formula is C22H23FOS. The number of ether oxygens (including phenoxy) is 1. The topological polar surface area (TPSA) is 9.23 Å². The number of benzene rings is 2. The van der Waals surface area contributed by atoms with Gasteiger partial charge in [0.05, 0.1) is 6.10 Å². The maximum absolute atomic E-state index is 14.7. The van der Waals surface area contributed by atoms with Gasteiger partial charge in [-0.2, -0.15) is 0 Å². The standard InChI is InChI=1S/C22H23FOS/c1-15-4-6-16(7-5-15)17-8-10-20(21(23)13-17)22-11-9-19(25-22)14-18-3-2-12-24-18/h4-8,10-11,13,18-19H,2-3,9,12,14H2,1H3. The van der Waals surface area contributed by atoms with Gasteiger partial charge in [-0.3, -0.25) is 0 Å². The molecule has 0 saturated carbocycles. The van der Waals surface area contributed by atoms with Crippen LogP contribution in [0.3, 0.4) is 0 Å². The minimum absolute atomic E-state index is 0.130. The smallest absolute Gasteiger partial charge is 0.132 e. The minimum Gasteiger partial charge on any atom is -0.378 e. The van der Waals surface area contributed by atoms with E-state index < -0.39 is 0 Å². The molecule has 0 aromatic heterocycles. The second kappa shape index (κ2) is 7.35. The Hall–Kier alpha value is -1.58. The third-order valence-corrected chi connectivity index (χ3v) is 6.39. The Bertz CT molecular complexity index is 775. The average Bonchev–Trinajstić information content (AvgIpc) is 3.28. The van der Waals surface area contributed by atoms with Crippen LogP contribution in [0.2, 0.25) is 0 Å². The molecule has 2 aromatic rings. The van der Waals surface area contributed by atoms with E-state index in [0.29, 0.717) is 11.4 Å². The van der Waals surface area contributed by atoms with Gasteiger partial charge in [0, 0.05) is 22.3 Å². The monoisotopic (exact) mass is 354 g/mol. The van der Waals surface area contributed by atoms with Crippen LogP contribution in [0.5, 0.6) is 0 Å². The van der Waals surface area contributed by atoms with Gasteiger partial charge in [-0.05, 0) is 49.8 Å². The first kappa shape index (κ1) is 16.9. The lowest BCUT2D eigenvalue weighted by atomic mass is 10.0. The highest BCUT2D eigenvalue weighted by Crippen LogP contribution is 2.43. The summed E-state index contributed by atoms with van der Waals surface area (Å²) in [5.74, 6) is -0.130. The second-order valence-electron chi connectivity index (χ2n) is 6.98. The van der Waals surface area contributed by atoms with Gasteiger partial charge in [0.15, 0.2) is 0 Å². The highest BCUT2D eigenvalue weighted by Gasteiger charge is 2.26. The van der Waals surface area contributed by atoms with Crippen LogP contribution in [0.4, 0.5) is 4.39 Å². The van der Waals surface area contributed by atoms with Gasteiger partial charge in [0.1, 0.15) is 5.82 Å². The van der Waals surface area contributed by atoms with Crippen molar-refractivity contribution in [2.24, 2.45) is 0 Å². The zero-order valence-corrected chi connectivity index (χ0v) is 15.3. The SMILES string of the molecule is Cc1ccc(-c2ccc(C3=CCC(CC4CCCO4)S3)c(F)c2)cc1. The second-order valence-corrected chi connectivity index (χ2v) is 8.32. The first-order chi connectivity index (χ1) is 12.2. The van der Waals surface area contributed by atoms with Gasteiger partial charge in [-0.1, -0.05) is 48.0 Å². The summed E-state index contributed by atoms with van der Waals surface area (Å²) in [5.41, 5.74) is 3.93. The summed E-state index contributed by atoms with van der Waals surface area (Å²) in [6.45, 7) is 2.96. The lowest BCUT2D eigenvalue weighted by Crippen LogP contribution is -2.12. The maximum Gasteiger partial charge on any atom is 0.132 e. The minimum atomic E-state index is -0.130. The summed E-state index contributed by atoms with van der Waals surface area (Å²) in [4.78, 5) is 1.08. The summed E-state index contributed by atoms with van der Waals surface area (Å²) < 4.78 is 20.5. The highest BCUT2D eigenvalue weighted by atomic mass is 32.2. The zero-order chi connectivity index (χ0) is 17.2. The number of aryl methyl sites for hydroxylation is 1. The molecule has 0 spiro atoms. The Morgan fingerprint density at radius 1 is 1.12 bits per heavy atom. The molecule has 1 fully saturated rings. The number of thioether (sulfide) groups is 1. The molecule has 130 valence electrons. The summed E-state index contributed by atoms with van der Waals surface area (Å²) in [5, 5.41) is 0.522. The van der Waals surface area contributed by atoms with Crippen molar-refractivity contribution in [3.05, 3.63) is 65.5 Å². The first-order valence-electron chi connectivity index (χ1n) is 9.04. The maximum atomic E-state index is 14.7. The van der Waals surface area contributed by atoms with Crippen LogP contribution in [0.15, 0.2) is 48.5 Å². The Morgan fingerprint density at radius 3 is 2.64 bits per heavy atom. The molecule has 4 rings (SSSR count). The van der Waals surface area contributed by atoms with Crippen LogP contribution in [0, 0.1) is 12.7 Å². The van der Waals surface area contributed by atoms with E-state index in [1.165, 1.54) is 18.4 Å². The molecule has 2 unspecified atom stereocenters. The molecule has 0 amide bonds. The lowest BCUT2D eigenvalue weighted by Gasteiger charge is -2.15. The molecule has 25 heavy (non-hydrogen) atoms. The average molecular weight is 354 g/mol. The van der Waals surface area contributed by atoms with E-state index in [1.54, 1.807) is 6.07 Å². The summed E-state index contributed by atoms with van der Waals surface area (Å²) >= 11 is 1.81. The van der Waals surface area contributed by atoms with Crippen molar-refractivity contribution in [3.63, 3.8) is 0 Å². The zero-order valence-electron chi connectivity index (χ0n) is 14.5. The van der Waals surface area contributed by atoms with Crippen LogP contribution < -0.4 is 0 Å². The molecule has 1 nitrogen and oxygen atoms in total. The van der Waals surface area contributed by atoms with Crippen LogP contribution in [0.1, 0.15) is 36.8 Å². The van der Waals surface area contributed by atoms with Crippen molar-refractivity contribution in [2.45, 2.75) is 44.0 Å². The summed E-state index contributed by atoms with van der Waals surface area (Å²) in [6.07, 6.45) is 7.03. The molecule has 1 saturated heterocycles. The van der Waals surface area contributed by atoms with E-state index in [0.717, 1.165) is 41.0 Å². The molecule has 2 aromatic carbocycles. The fourth-order valence-electron chi connectivity index (χ4n) is 3.60. The number of rotatable bonds is 4. The van der Waals surface area contributed by atoms with Crippen LogP contribution >= 0.6 is 11.8 Å². The molecule has 2 aliphatic rings. The third kappa shape index (κ3) is 3.83. The van der Waals surface area contributed by atoms with Crippen LogP contribution in [0.25, 0.3) is 16.0 Å². The first-order valence-corrected chi connectivity index (χ1v) is 9.92. The molecule has 0 aliphatic carbocycles. The van der Waals surface area contributed by atoms with Crippen LogP contribution in [-0.4, -0.2) is 18.0 Å². The molecule has 3 heteroatoms. The van der Waals surface area contributed by atoms with Crippen molar-refractivity contribution < 1.29 is 9.13 Å². The van der Waals surface area contributed by atoms with Gasteiger partial charge >= 0.3 is 0 Å². The molecule has 2 aliphatic heterocycles. The lowest BCUT2D eigenvalue weighted by molar-refractivity contribution is 0.104. The van der Waals surface area contributed by atoms with Crippen LogP contribution in [-0.2, 0) is 4.74 Å². The van der Waals surface area contributed by atoms with Gasteiger partial charge in [-0.15, -0.1) is 11.8 Å². The predicted octanol–water partition coefficient (Wildman–Crippen LogP) is 6.22. The van der Waals surface area contributed by atoms with Crippen molar-refractivity contribution in [1.29, 1.82) is 0 Å². The third-order valence-electron chi connectivity index (χ3n) is 5.03. The fourth-order valence-corrected chi connectivity index (χ4v) is 4.94. The number of allylic oxidation sites excluding steroid dienone is 1.